The van der Waals surface area contributed by atoms with Gasteiger partial charge < -0.3 is 10.4 Å². The molecule has 0 aliphatic carbocycles. The van der Waals surface area contributed by atoms with E-state index in [9.17, 15) is 35.6 Å². The van der Waals surface area contributed by atoms with Gasteiger partial charge in [-0.2, -0.15) is 13.2 Å². The Morgan fingerprint density at radius 1 is 1.10 bits per heavy atom. The van der Waals surface area contributed by atoms with Crippen molar-refractivity contribution in [3.05, 3.63) is 59.4 Å². The standard InChI is InChI=1S/C17H14F4N2O5S/c1-9(16(25)26)22-15(24)11-4-2-3-5-14(11)29(27,28)23-13-7-6-10(18)8-12(13)17(19,20)21/h2-9,23H,1H3,(H,22,24)(H,25,26). The predicted molar refractivity (Wildman–Crippen MR) is 93.2 cm³/mol. The van der Waals surface area contributed by atoms with Gasteiger partial charge in [-0.1, -0.05) is 12.1 Å². The summed E-state index contributed by atoms with van der Waals surface area (Å²) < 4.78 is 79.5. The molecule has 0 heterocycles. The maximum absolute atomic E-state index is 13.2. The van der Waals surface area contributed by atoms with Crippen LogP contribution in [0.4, 0.5) is 23.2 Å². The molecular formula is C17H14F4N2O5S. The van der Waals surface area contributed by atoms with Gasteiger partial charge in [-0.25, -0.2) is 12.8 Å². The summed E-state index contributed by atoms with van der Waals surface area (Å²) in [5.41, 5.74) is -2.97. The van der Waals surface area contributed by atoms with Crippen LogP contribution in [-0.2, 0) is 21.0 Å². The number of anilines is 1. The van der Waals surface area contributed by atoms with Crippen LogP contribution >= 0.6 is 0 Å². The number of carboxylic acid groups (broad SMARTS) is 1. The minimum atomic E-state index is -5.05. The first-order chi connectivity index (χ1) is 13.3. The lowest BCUT2D eigenvalue weighted by Crippen LogP contribution is -2.39. The lowest BCUT2D eigenvalue weighted by atomic mass is 10.2. The Hall–Kier alpha value is -3.15. The third kappa shape index (κ3) is 5.22. The van der Waals surface area contributed by atoms with Gasteiger partial charge in [0, 0.05) is 0 Å². The minimum absolute atomic E-state index is 0.130. The van der Waals surface area contributed by atoms with E-state index in [0.717, 1.165) is 19.1 Å². The largest absolute Gasteiger partial charge is 0.480 e. The first-order valence-corrected chi connectivity index (χ1v) is 9.33. The molecule has 156 valence electrons. The van der Waals surface area contributed by atoms with Crippen LogP contribution in [-0.4, -0.2) is 31.4 Å². The highest BCUT2D eigenvalue weighted by Crippen LogP contribution is 2.36. The van der Waals surface area contributed by atoms with Gasteiger partial charge in [0.1, 0.15) is 16.8 Å². The van der Waals surface area contributed by atoms with Crippen LogP contribution < -0.4 is 10.0 Å². The van der Waals surface area contributed by atoms with E-state index < -0.39 is 61.6 Å². The number of rotatable bonds is 6. The maximum atomic E-state index is 13.2. The van der Waals surface area contributed by atoms with Crippen LogP contribution in [0.15, 0.2) is 47.4 Å². The fourth-order valence-electron chi connectivity index (χ4n) is 2.26. The van der Waals surface area contributed by atoms with Crippen molar-refractivity contribution in [1.82, 2.24) is 5.32 Å². The number of aliphatic carboxylic acids is 1. The summed E-state index contributed by atoms with van der Waals surface area (Å²) in [5, 5.41) is 10.9. The summed E-state index contributed by atoms with van der Waals surface area (Å²) in [6.45, 7) is 1.14. The average Bonchev–Trinajstić information content (AvgIpc) is 2.62. The van der Waals surface area contributed by atoms with Crippen LogP contribution in [0, 0.1) is 5.82 Å². The molecule has 2 aromatic carbocycles. The third-order valence-electron chi connectivity index (χ3n) is 3.67. The second-order valence-corrected chi connectivity index (χ2v) is 7.47. The molecule has 0 saturated heterocycles. The van der Waals surface area contributed by atoms with Crippen LogP contribution in [0.1, 0.15) is 22.8 Å². The Balaban J connectivity index is 2.47. The highest BCUT2D eigenvalue weighted by atomic mass is 32.2. The third-order valence-corrected chi connectivity index (χ3v) is 5.09. The van der Waals surface area contributed by atoms with Crippen LogP contribution in [0.5, 0.6) is 0 Å². The number of hydrogen-bond donors (Lipinski definition) is 3. The SMILES string of the molecule is CC(NC(=O)c1ccccc1S(=O)(=O)Nc1ccc(F)cc1C(F)(F)F)C(=O)O. The Morgan fingerprint density at radius 3 is 2.31 bits per heavy atom. The number of hydrogen-bond acceptors (Lipinski definition) is 4. The van der Waals surface area contributed by atoms with E-state index in [0.29, 0.717) is 12.1 Å². The zero-order valence-corrected chi connectivity index (χ0v) is 15.4. The first kappa shape index (κ1) is 22.1. The first-order valence-electron chi connectivity index (χ1n) is 7.85. The molecule has 2 rings (SSSR count). The van der Waals surface area contributed by atoms with Crippen LogP contribution in [0.25, 0.3) is 0 Å². The van der Waals surface area contributed by atoms with Crippen molar-refractivity contribution in [3.8, 4) is 0 Å². The summed E-state index contributed by atoms with van der Waals surface area (Å²) in [6, 6.07) is 4.56. The number of halogens is 4. The predicted octanol–water partition coefficient (Wildman–Crippen LogP) is 2.85. The quantitative estimate of drug-likeness (QED) is 0.606. The molecule has 0 radical (unpaired) electrons. The molecule has 29 heavy (non-hydrogen) atoms. The van der Waals surface area contributed by atoms with Crippen molar-refractivity contribution >= 4 is 27.6 Å². The monoisotopic (exact) mass is 434 g/mol. The zero-order chi connectivity index (χ0) is 22.0. The molecule has 12 heteroatoms. The topological polar surface area (TPSA) is 113 Å². The molecule has 7 nitrogen and oxygen atoms in total. The van der Waals surface area contributed by atoms with Gasteiger partial charge in [-0.15, -0.1) is 0 Å². The molecular weight excluding hydrogens is 420 g/mol. The van der Waals surface area contributed by atoms with Gasteiger partial charge in [0.05, 0.1) is 16.8 Å². The minimum Gasteiger partial charge on any atom is -0.480 e. The zero-order valence-electron chi connectivity index (χ0n) is 14.6. The number of sulfonamides is 1. The highest BCUT2D eigenvalue weighted by molar-refractivity contribution is 7.92. The maximum Gasteiger partial charge on any atom is 0.418 e. The normalized spacial score (nSPS) is 12.9. The van der Waals surface area contributed by atoms with Gasteiger partial charge in [-0.3, -0.25) is 14.3 Å². The molecule has 0 spiro atoms. The van der Waals surface area contributed by atoms with Crippen molar-refractivity contribution in [2.45, 2.75) is 24.0 Å². The number of alkyl halides is 3. The van der Waals surface area contributed by atoms with Gasteiger partial charge >= 0.3 is 12.1 Å². The molecule has 3 N–H and O–H groups in total. The van der Waals surface area contributed by atoms with Gasteiger partial charge in [0.15, 0.2) is 0 Å². The number of carboxylic acids is 1. The second-order valence-electron chi connectivity index (χ2n) is 5.82. The Morgan fingerprint density at radius 2 is 1.72 bits per heavy atom. The highest BCUT2D eigenvalue weighted by Gasteiger charge is 2.35. The average molecular weight is 434 g/mol. The molecule has 2 aromatic rings. The Labute approximate surface area is 162 Å². The van der Waals surface area contributed by atoms with E-state index in [1.807, 2.05) is 0 Å². The van der Waals surface area contributed by atoms with E-state index in [1.165, 1.54) is 12.1 Å². The van der Waals surface area contributed by atoms with E-state index in [-0.39, 0.29) is 6.07 Å². The molecule has 0 aliphatic rings. The van der Waals surface area contributed by atoms with Crippen molar-refractivity contribution in [1.29, 1.82) is 0 Å². The smallest absolute Gasteiger partial charge is 0.418 e. The fourth-order valence-corrected chi connectivity index (χ4v) is 3.55. The van der Waals surface area contributed by atoms with E-state index in [1.54, 1.807) is 4.72 Å². The van der Waals surface area contributed by atoms with Crippen molar-refractivity contribution in [3.63, 3.8) is 0 Å². The Kier molecular flexibility index (Phi) is 6.16. The van der Waals surface area contributed by atoms with Crippen molar-refractivity contribution in [2.24, 2.45) is 0 Å². The number of carbonyl (C=O) groups excluding carboxylic acids is 1. The van der Waals surface area contributed by atoms with E-state index >= 15 is 0 Å². The molecule has 0 aliphatic heterocycles. The molecule has 1 atom stereocenters. The molecule has 1 amide bonds. The second kappa shape index (κ2) is 8.07. The van der Waals surface area contributed by atoms with Gasteiger partial charge in [0.2, 0.25) is 0 Å². The Bertz CT molecular complexity index is 1050. The number of benzene rings is 2. The van der Waals surface area contributed by atoms with Crippen molar-refractivity contribution in [2.75, 3.05) is 4.72 Å². The fraction of sp³-hybridized carbons (Fsp3) is 0.176. The number of nitrogens with one attached hydrogen (secondary N) is 2. The van der Waals surface area contributed by atoms with Crippen LogP contribution in [0.3, 0.4) is 0 Å². The van der Waals surface area contributed by atoms with E-state index in [2.05, 4.69) is 5.32 Å². The summed E-state index contributed by atoms with van der Waals surface area (Å²) in [4.78, 5) is 22.4. The van der Waals surface area contributed by atoms with Crippen LogP contribution in [0.2, 0.25) is 0 Å². The molecule has 1 unspecified atom stereocenters. The molecule has 0 fully saturated rings. The summed E-state index contributed by atoms with van der Waals surface area (Å²) in [7, 11) is -4.72. The lowest BCUT2D eigenvalue weighted by Gasteiger charge is -2.17. The molecule has 0 aromatic heterocycles. The van der Waals surface area contributed by atoms with Crippen molar-refractivity contribution < 1.29 is 40.7 Å². The molecule has 0 saturated carbocycles. The van der Waals surface area contributed by atoms with Gasteiger partial charge in [-0.05, 0) is 37.3 Å². The number of amides is 1. The number of carbonyl (C=O) groups is 2. The summed E-state index contributed by atoms with van der Waals surface area (Å²) in [5.74, 6) is -3.66. The lowest BCUT2D eigenvalue weighted by molar-refractivity contribution is -0.139. The summed E-state index contributed by atoms with van der Waals surface area (Å²) >= 11 is 0. The summed E-state index contributed by atoms with van der Waals surface area (Å²) in [6.07, 6.45) is -5.05. The molecule has 0 bridgehead atoms. The van der Waals surface area contributed by atoms with E-state index in [4.69, 9.17) is 5.11 Å². The van der Waals surface area contributed by atoms with Gasteiger partial charge in [0.25, 0.3) is 15.9 Å².